The molecule has 0 aliphatic heterocycles. The van der Waals surface area contributed by atoms with Crippen LogP contribution in [0.3, 0.4) is 0 Å². The van der Waals surface area contributed by atoms with Crippen LogP contribution < -0.4 is 4.74 Å². The fourth-order valence-corrected chi connectivity index (χ4v) is 6.99. The molecule has 0 unspecified atom stereocenters. The summed E-state index contributed by atoms with van der Waals surface area (Å²) < 4.78 is 10.8. The number of para-hydroxylation sites is 1. The highest BCUT2D eigenvalue weighted by atomic mass is 16.5. The third kappa shape index (κ3) is 5.26. The van der Waals surface area contributed by atoms with Gasteiger partial charge in [-0.15, -0.1) is 0 Å². The summed E-state index contributed by atoms with van der Waals surface area (Å²) in [6.07, 6.45) is 2.90. The van der Waals surface area contributed by atoms with Gasteiger partial charge in [-0.1, -0.05) is 55.8 Å². The predicted octanol–water partition coefficient (Wildman–Crippen LogP) is 10.6. The molecule has 0 fully saturated rings. The fraction of sp³-hybridized carbons (Fsp3) is 0.220. The van der Waals surface area contributed by atoms with Gasteiger partial charge in [0.15, 0.2) is 0 Å². The Hall–Kier alpha value is -5.16. The van der Waals surface area contributed by atoms with Crippen LogP contribution in [0, 0.1) is 40.5 Å². The monoisotopic (exact) mass is 604 g/mol. The number of nitrogens with zero attached hydrogens (tertiary/aromatic N) is 4. The number of hydrogen-bond acceptors (Lipinski definition) is 3. The van der Waals surface area contributed by atoms with Crippen LogP contribution in [0.4, 0.5) is 0 Å². The van der Waals surface area contributed by atoms with E-state index in [0.717, 1.165) is 51.8 Å². The van der Waals surface area contributed by atoms with E-state index in [0.29, 0.717) is 5.92 Å². The van der Waals surface area contributed by atoms with Gasteiger partial charge in [0, 0.05) is 40.4 Å². The third-order valence-electron chi connectivity index (χ3n) is 8.80. The van der Waals surface area contributed by atoms with E-state index >= 15 is 0 Å². The van der Waals surface area contributed by atoms with Crippen LogP contribution in [0.1, 0.15) is 47.5 Å². The summed E-state index contributed by atoms with van der Waals surface area (Å²) >= 11 is 0. The molecule has 0 spiro atoms. The smallest absolute Gasteiger partial charge is 0.137 e. The normalized spacial score (nSPS) is 11.7. The summed E-state index contributed by atoms with van der Waals surface area (Å²) in [5.74, 6) is 2.99. The number of pyridine rings is 1. The number of benzene rings is 4. The first-order valence-electron chi connectivity index (χ1n) is 16.1. The molecule has 0 saturated heterocycles. The second-order valence-electron chi connectivity index (χ2n) is 13.0. The Labute approximate surface area is 271 Å². The standard InChI is InChI=1S/C41H40N4O/c1-25(2)19-31-21-27(4)20-28(5)40(31)41-29(6)43-45(30(41)7)32-11-10-12-33(23-32)46-34-15-16-36-35-13-8-9-14-37(35)44(38(36)24-34)39-22-26(3)17-18-42-39/h8-18,20-25H,19H2,1-7H3. The van der Waals surface area contributed by atoms with Crippen molar-refractivity contribution in [3.8, 4) is 34.1 Å². The van der Waals surface area contributed by atoms with Gasteiger partial charge in [-0.05, 0) is 112 Å². The van der Waals surface area contributed by atoms with Crippen LogP contribution in [-0.4, -0.2) is 19.3 Å². The highest BCUT2D eigenvalue weighted by Crippen LogP contribution is 2.38. The lowest BCUT2D eigenvalue weighted by molar-refractivity contribution is 0.482. The molecule has 7 rings (SSSR count). The first-order chi connectivity index (χ1) is 22.2. The molecule has 3 aromatic heterocycles. The molecular weight excluding hydrogens is 564 g/mol. The first-order valence-corrected chi connectivity index (χ1v) is 16.1. The zero-order chi connectivity index (χ0) is 32.1. The van der Waals surface area contributed by atoms with Gasteiger partial charge in [0.05, 0.1) is 22.4 Å². The summed E-state index contributed by atoms with van der Waals surface area (Å²) in [4.78, 5) is 4.72. The predicted molar refractivity (Wildman–Crippen MR) is 190 cm³/mol. The summed E-state index contributed by atoms with van der Waals surface area (Å²) in [5, 5.41) is 7.41. The Morgan fingerprint density at radius 1 is 0.696 bits per heavy atom. The van der Waals surface area contributed by atoms with Gasteiger partial charge in [0.2, 0.25) is 0 Å². The maximum Gasteiger partial charge on any atom is 0.137 e. The SMILES string of the molecule is Cc1ccnc(-n2c3ccccc3c3ccc(Oc4cccc(-n5nc(C)c(-c6c(C)cc(C)cc6CC(C)C)c5C)c4)cc32)c1. The highest BCUT2D eigenvalue weighted by Gasteiger charge is 2.21. The van der Waals surface area contributed by atoms with E-state index < -0.39 is 0 Å². The molecule has 3 heterocycles. The number of aryl methyl sites for hydroxylation is 4. The second-order valence-corrected chi connectivity index (χ2v) is 13.0. The lowest BCUT2D eigenvalue weighted by Crippen LogP contribution is -2.02. The molecular formula is C41H40N4O. The Morgan fingerprint density at radius 2 is 1.48 bits per heavy atom. The van der Waals surface area contributed by atoms with E-state index in [1.165, 1.54) is 44.2 Å². The van der Waals surface area contributed by atoms with Crippen LogP contribution in [0.25, 0.3) is 44.4 Å². The average Bonchev–Trinajstić information content (AvgIpc) is 3.50. The molecule has 0 bridgehead atoms. The molecule has 7 aromatic rings. The van der Waals surface area contributed by atoms with E-state index in [9.17, 15) is 0 Å². The zero-order valence-electron chi connectivity index (χ0n) is 27.7. The second kappa shape index (κ2) is 11.6. The van der Waals surface area contributed by atoms with Crippen molar-refractivity contribution >= 4 is 21.8 Å². The maximum absolute atomic E-state index is 6.54. The van der Waals surface area contributed by atoms with Crippen LogP contribution in [0.5, 0.6) is 11.5 Å². The number of rotatable bonds is 7. The van der Waals surface area contributed by atoms with Crippen molar-refractivity contribution in [2.75, 3.05) is 0 Å². The van der Waals surface area contributed by atoms with Gasteiger partial charge in [0.25, 0.3) is 0 Å². The Balaban J connectivity index is 1.28. The van der Waals surface area contributed by atoms with Crippen molar-refractivity contribution < 1.29 is 4.74 Å². The maximum atomic E-state index is 6.54. The van der Waals surface area contributed by atoms with Crippen molar-refractivity contribution in [3.05, 3.63) is 131 Å². The minimum absolute atomic E-state index is 0.568. The molecule has 46 heavy (non-hydrogen) atoms. The quantitative estimate of drug-likeness (QED) is 0.182. The molecule has 0 N–H and O–H groups in total. The van der Waals surface area contributed by atoms with Crippen molar-refractivity contribution in [2.45, 2.75) is 54.9 Å². The van der Waals surface area contributed by atoms with Gasteiger partial charge in [-0.25, -0.2) is 9.67 Å². The molecule has 4 aromatic carbocycles. The zero-order valence-corrected chi connectivity index (χ0v) is 27.7. The largest absolute Gasteiger partial charge is 0.457 e. The van der Waals surface area contributed by atoms with E-state index in [1.807, 2.05) is 30.5 Å². The van der Waals surface area contributed by atoms with Crippen LogP contribution in [-0.2, 0) is 6.42 Å². The first kappa shape index (κ1) is 29.5. The van der Waals surface area contributed by atoms with Crippen LogP contribution >= 0.6 is 0 Å². The minimum atomic E-state index is 0.568. The van der Waals surface area contributed by atoms with E-state index in [1.54, 1.807) is 0 Å². The van der Waals surface area contributed by atoms with E-state index in [-0.39, 0.29) is 0 Å². The van der Waals surface area contributed by atoms with Crippen LogP contribution in [0.2, 0.25) is 0 Å². The Bertz CT molecular complexity index is 2250. The molecule has 5 heteroatoms. The number of aromatic nitrogens is 4. The lowest BCUT2D eigenvalue weighted by atomic mass is 9.88. The van der Waals surface area contributed by atoms with Gasteiger partial charge in [0.1, 0.15) is 17.3 Å². The molecule has 0 aliphatic carbocycles. The van der Waals surface area contributed by atoms with Crippen molar-refractivity contribution in [3.63, 3.8) is 0 Å². The minimum Gasteiger partial charge on any atom is -0.457 e. The molecule has 5 nitrogen and oxygen atoms in total. The Morgan fingerprint density at radius 3 is 2.28 bits per heavy atom. The highest BCUT2D eigenvalue weighted by molar-refractivity contribution is 6.09. The fourth-order valence-electron chi connectivity index (χ4n) is 6.99. The van der Waals surface area contributed by atoms with E-state index in [4.69, 9.17) is 14.8 Å². The summed E-state index contributed by atoms with van der Waals surface area (Å²) in [6.45, 7) is 15.4. The summed E-state index contributed by atoms with van der Waals surface area (Å²) in [5.41, 5.74) is 13.0. The number of hydrogen-bond donors (Lipinski definition) is 0. The molecule has 230 valence electrons. The van der Waals surface area contributed by atoms with Gasteiger partial charge in [-0.2, -0.15) is 5.10 Å². The number of ether oxygens (including phenoxy) is 1. The van der Waals surface area contributed by atoms with Crippen molar-refractivity contribution in [1.82, 2.24) is 19.3 Å². The third-order valence-corrected chi connectivity index (χ3v) is 8.80. The Kier molecular flexibility index (Phi) is 7.48. The molecule has 0 radical (unpaired) electrons. The van der Waals surface area contributed by atoms with Gasteiger partial charge >= 0.3 is 0 Å². The van der Waals surface area contributed by atoms with Crippen molar-refractivity contribution in [2.24, 2.45) is 5.92 Å². The average molecular weight is 605 g/mol. The topological polar surface area (TPSA) is 44.9 Å². The lowest BCUT2D eigenvalue weighted by Gasteiger charge is -2.17. The van der Waals surface area contributed by atoms with Gasteiger partial charge in [-0.3, -0.25) is 4.57 Å². The summed E-state index contributed by atoms with van der Waals surface area (Å²) in [7, 11) is 0. The molecule has 0 amide bonds. The number of fused-ring (bicyclic) bond motifs is 3. The molecule has 0 aliphatic rings. The van der Waals surface area contributed by atoms with Crippen molar-refractivity contribution in [1.29, 1.82) is 0 Å². The van der Waals surface area contributed by atoms with Crippen LogP contribution in [0.15, 0.2) is 97.2 Å². The summed E-state index contributed by atoms with van der Waals surface area (Å²) in [6, 6.07) is 31.8. The molecule has 0 atom stereocenters. The molecule has 0 saturated carbocycles. The van der Waals surface area contributed by atoms with Gasteiger partial charge < -0.3 is 4.74 Å². The van der Waals surface area contributed by atoms with E-state index in [2.05, 4.69) is 124 Å².